The molecular weight excluding hydrogens is 160 g/mol. The summed E-state index contributed by atoms with van der Waals surface area (Å²) in [4.78, 5) is 0. The predicted octanol–water partition coefficient (Wildman–Crippen LogP) is 1.33. The molecule has 0 spiro atoms. The van der Waals surface area contributed by atoms with Crippen molar-refractivity contribution < 1.29 is 0 Å². The predicted molar refractivity (Wildman–Crippen MR) is 56.1 cm³/mol. The minimum atomic E-state index is 0.0447. The van der Waals surface area contributed by atoms with Crippen molar-refractivity contribution in [2.75, 3.05) is 6.54 Å². The van der Waals surface area contributed by atoms with Crippen molar-refractivity contribution in [3.8, 4) is 0 Å². The highest BCUT2D eigenvalue weighted by molar-refractivity contribution is 5.14. The number of benzene rings is 1. The second kappa shape index (κ2) is 5.73. The van der Waals surface area contributed by atoms with Gasteiger partial charge in [-0.3, -0.25) is 0 Å². The Labute approximate surface area is 80.1 Å². The number of hydrogen-bond acceptors (Lipinski definition) is 2. The summed E-state index contributed by atoms with van der Waals surface area (Å²) in [5.41, 5.74) is 6.83. The Morgan fingerprint density at radius 2 is 2.00 bits per heavy atom. The summed E-state index contributed by atoms with van der Waals surface area (Å²) in [5, 5.41) is 3.31. The van der Waals surface area contributed by atoms with Gasteiger partial charge in [-0.05, 0) is 25.5 Å². The Morgan fingerprint density at radius 1 is 1.31 bits per heavy atom. The van der Waals surface area contributed by atoms with Crippen LogP contribution < -0.4 is 11.1 Å². The van der Waals surface area contributed by atoms with Gasteiger partial charge in [0.15, 0.2) is 0 Å². The Hall–Kier alpha value is -0.860. The lowest BCUT2D eigenvalue weighted by Crippen LogP contribution is -2.23. The van der Waals surface area contributed by atoms with Crippen LogP contribution in [0.3, 0.4) is 0 Å². The van der Waals surface area contributed by atoms with Crippen LogP contribution in [0.2, 0.25) is 0 Å². The van der Waals surface area contributed by atoms with Gasteiger partial charge in [0.25, 0.3) is 0 Å². The summed E-state index contributed by atoms with van der Waals surface area (Å²) in [6.45, 7) is 5.56. The largest absolute Gasteiger partial charge is 0.328 e. The first-order valence-electron chi connectivity index (χ1n) is 4.62. The van der Waals surface area contributed by atoms with E-state index in [-0.39, 0.29) is 6.04 Å². The summed E-state index contributed by atoms with van der Waals surface area (Å²) in [5.74, 6) is 0. The number of hydrogen-bond donors (Lipinski definition) is 2. The van der Waals surface area contributed by atoms with E-state index in [0.29, 0.717) is 0 Å². The maximum atomic E-state index is 5.52. The molecule has 2 heteroatoms. The summed E-state index contributed by atoms with van der Waals surface area (Å²) >= 11 is 0. The molecular formula is C11H17N2. The van der Waals surface area contributed by atoms with Crippen molar-refractivity contribution in [1.29, 1.82) is 0 Å². The molecule has 0 aliphatic rings. The topological polar surface area (TPSA) is 38.0 Å². The van der Waals surface area contributed by atoms with E-state index in [0.717, 1.165) is 19.5 Å². The average molecular weight is 177 g/mol. The van der Waals surface area contributed by atoms with Gasteiger partial charge in [-0.15, -0.1) is 0 Å². The molecule has 1 radical (unpaired) electrons. The minimum absolute atomic E-state index is 0.0447. The summed E-state index contributed by atoms with van der Waals surface area (Å²) in [6, 6.07) is 10.4. The average Bonchev–Trinajstić information content (AvgIpc) is 2.14. The fourth-order valence-electron chi connectivity index (χ4n) is 1.12. The van der Waals surface area contributed by atoms with Crippen molar-refractivity contribution in [2.45, 2.75) is 19.0 Å². The van der Waals surface area contributed by atoms with Crippen molar-refractivity contribution in [3.63, 3.8) is 0 Å². The van der Waals surface area contributed by atoms with Crippen LogP contribution >= 0.6 is 0 Å². The molecule has 1 aromatic carbocycles. The third kappa shape index (κ3) is 4.65. The molecule has 0 aliphatic carbocycles. The van der Waals surface area contributed by atoms with Gasteiger partial charge in [-0.1, -0.05) is 30.3 Å². The Balaban J connectivity index is 2.13. The van der Waals surface area contributed by atoms with Crippen LogP contribution in [-0.4, -0.2) is 12.6 Å². The van der Waals surface area contributed by atoms with E-state index in [9.17, 15) is 0 Å². The van der Waals surface area contributed by atoms with Crippen LogP contribution in [0.4, 0.5) is 0 Å². The molecule has 0 amide bonds. The number of rotatable bonds is 5. The zero-order chi connectivity index (χ0) is 9.52. The third-order valence-corrected chi connectivity index (χ3v) is 1.86. The molecule has 0 heterocycles. The smallest absolute Gasteiger partial charge is 0.0205 e. The van der Waals surface area contributed by atoms with E-state index >= 15 is 0 Å². The normalized spacial score (nSPS) is 12.8. The van der Waals surface area contributed by atoms with E-state index in [2.05, 4.69) is 24.4 Å². The van der Waals surface area contributed by atoms with Gasteiger partial charge in [0.05, 0.1) is 0 Å². The SMILES string of the molecule is [CH2]C(N)CCNCc1ccccc1. The van der Waals surface area contributed by atoms with E-state index in [1.807, 2.05) is 18.2 Å². The van der Waals surface area contributed by atoms with E-state index in [4.69, 9.17) is 5.73 Å². The molecule has 2 nitrogen and oxygen atoms in total. The lowest BCUT2D eigenvalue weighted by molar-refractivity contribution is 0.613. The summed E-state index contributed by atoms with van der Waals surface area (Å²) in [6.07, 6.45) is 0.923. The molecule has 0 bridgehead atoms. The first-order valence-corrected chi connectivity index (χ1v) is 4.62. The first-order chi connectivity index (χ1) is 6.29. The fraction of sp³-hybridized carbons (Fsp3) is 0.364. The van der Waals surface area contributed by atoms with Gasteiger partial charge in [-0.2, -0.15) is 0 Å². The van der Waals surface area contributed by atoms with Crippen LogP contribution in [0.5, 0.6) is 0 Å². The van der Waals surface area contributed by atoms with E-state index in [1.165, 1.54) is 5.56 Å². The molecule has 3 N–H and O–H groups in total. The molecule has 1 unspecified atom stereocenters. The van der Waals surface area contributed by atoms with E-state index < -0.39 is 0 Å². The number of nitrogens with one attached hydrogen (secondary N) is 1. The Kier molecular flexibility index (Phi) is 4.50. The fourth-order valence-corrected chi connectivity index (χ4v) is 1.12. The van der Waals surface area contributed by atoms with Gasteiger partial charge < -0.3 is 11.1 Å². The quantitative estimate of drug-likeness (QED) is 0.666. The van der Waals surface area contributed by atoms with Gasteiger partial charge in [0.2, 0.25) is 0 Å². The second-order valence-electron chi connectivity index (χ2n) is 3.21. The van der Waals surface area contributed by atoms with Gasteiger partial charge in [0, 0.05) is 12.6 Å². The van der Waals surface area contributed by atoms with Crippen molar-refractivity contribution in [3.05, 3.63) is 42.8 Å². The molecule has 0 fully saturated rings. The summed E-state index contributed by atoms with van der Waals surface area (Å²) in [7, 11) is 0. The molecule has 0 saturated heterocycles. The van der Waals surface area contributed by atoms with Crippen LogP contribution in [-0.2, 0) is 6.54 Å². The van der Waals surface area contributed by atoms with Crippen molar-refractivity contribution >= 4 is 0 Å². The molecule has 71 valence electrons. The summed E-state index contributed by atoms with van der Waals surface area (Å²) < 4.78 is 0. The molecule has 1 aromatic rings. The maximum absolute atomic E-state index is 5.52. The first kappa shape index (κ1) is 10.2. The molecule has 1 rings (SSSR count). The molecule has 13 heavy (non-hydrogen) atoms. The molecule has 0 aromatic heterocycles. The number of nitrogens with two attached hydrogens (primary N) is 1. The highest BCUT2D eigenvalue weighted by Crippen LogP contribution is 1.96. The lowest BCUT2D eigenvalue weighted by atomic mass is 10.2. The van der Waals surface area contributed by atoms with Gasteiger partial charge in [-0.25, -0.2) is 0 Å². The molecule has 1 atom stereocenters. The zero-order valence-electron chi connectivity index (χ0n) is 7.87. The second-order valence-corrected chi connectivity index (χ2v) is 3.21. The van der Waals surface area contributed by atoms with Gasteiger partial charge in [0.1, 0.15) is 0 Å². The van der Waals surface area contributed by atoms with Gasteiger partial charge >= 0.3 is 0 Å². The van der Waals surface area contributed by atoms with Crippen LogP contribution in [0.1, 0.15) is 12.0 Å². The van der Waals surface area contributed by atoms with E-state index in [1.54, 1.807) is 0 Å². The lowest BCUT2D eigenvalue weighted by Gasteiger charge is -2.06. The highest BCUT2D eigenvalue weighted by Gasteiger charge is 1.93. The Morgan fingerprint density at radius 3 is 2.62 bits per heavy atom. The molecule has 0 saturated carbocycles. The zero-order valence-corrected chi connectivity index (χ0v) is 7.87. The monoisotopic (exact) mass is 177 g/mol. The van der Waals surface area contributed by atoms with Crippen LogP contribution in [0.15, 0.2) is 30.3 Å². The van der Waals surface area contributed by atoms with Crippen molar-refractivity contribution in [2.24, 2.45) is 5.73 Å². The van der Waals surface area contributed by atoms with Crippen LogP contribution in [0, 0.1) is 6.92 Å². The highest BCUT2D eigenvalue weighted by atomic mass is 14.9. The Bertz CT molecular complexity index is 219. The molecule has 0 aliphatic heterocycles. The standard InChI is InChI=1S/C11H17N2/c1-10(12)7-8-13-9-11-5-3-2-4-6-11/h2-6,10,13H,1,7-9,12H2. The van der Waals surface area contributed by atoms with Crippen molar-refractivity contribution in [1.82, 2.24) is 5.32 Å². The minimum Gasteiger partial charge on any atom is -0.328 e. The van der Waals surface area contributed by atoms with Crippen LogP contribution in [0.25, 0.3) is 0 Å². The maximum Gasteiger partial charge on any atom is 0.0205 e. The third-order valence-electron chi connectivity index (χ3n) is 1.86.